The Morgan fingerprint density at radius 2 is 2.00 bits per heavy atom. The minimum Gasteiger partial charge on any atom is -0.361 e. The van der Waals surface area contributed by atoms with Crippen molar-refractivity contribution >= 4 is 6.72 Å². The van der Waals surface area contributed by atoms with Crippen molar-refractivity contribution in [2.45, 2.75) is 31.5 Å². The van der Waals surface area contributed by atoms with Gasteiger partial charge in [0, 0.05) is 26.7 Å². The zero-order valence-corrected chi connectivity index (χ0v) is 6.30. The first kappa shape index (κ1) is 7.54. The molecule has 1 aliphatic rings. The maximum Gasteiger partial charge on any atom is 0.236 e. The van der Waals surface area contributed by atoms with Gasteiger partial charge in [0.15, 0.2) is 0 Å². The molecule has 3 nitrogen and oxygen atoms in total. The Bertz CT molecular complexity index is 119. The van der Waals surface area contributed by atoms with Crippen LogP contribution in [0.1, 0.15) is 25.7 Å². The number of hydrogen-bond acceptors (Lipinski definition) is 3. The predicted molar refractivity (Wildman–Crippen MR) is 38.8 cm³/mol. The third kappa shape index (κ3) is 1.29. The molecule has 1 rings (SSSR count). The molecule has 0 aromatic rings. The molecule has 0 aliphatic heterocycles. The predicted octanol–water partition coefficient (Wildman–Crippen LogP) is 1.54. The summed E-state index contributed by atoms with van der Waals surface area (Å²) in [6.45, 7) is 3.26. The maximum atomic E-state index is 5.18. The second-order valence-electron chi connectivity index (χ2n) is 2.54. The summed E-state index contributed by atoms with van der Waals surface area (Å²) in [5, 5.41) is 3.39. The van der Waals surface area contributed by atoms with Crippen LogP contribution in [0.2, 0.25) is 0 Å². The van der Waals surface area contributed by atoms with Crippen LogP contribution in [-0.4, -0.2) is 19.6 Å². The number of rotatable bonds is 3. The van der Waals surface area contributed by atoms with Crippen molar-refractivity contribution < 1.29 is 9.57 Å². The summed E-state index contributed by atoms with van der Waals surface area (Å²) in [4.78, 5) is 5.03. The smallest absolute Gasteiger partial charge is 0.236 e. The van der Waals surface area contributed by atoms with Gasteiger partial charge < -0.3 is 9.57 Å². The molecule has 1 saturated carbocycles. The van der Waals surface area contributed by atoms with E-state index in [2.05, 4.69) is 11.9 Å². The number of ether oxygens (including phenoxy) is 1. The highest BCUT2D eigenvalue weighted by Gasteiger charge is 2.36. The SMILES string of the molecule is C=NOC1(OC)CCCC1. The summed E-state index contributed by atoms with van der Waals surface area (Å²) in [5.74, 6) is -0.443. The molecule has 0 aromatic carbocycles. The highest BCUT2D eigenvalue weighted by molar-refractivity contribution is 5.21. The molecule has 0 bridgehead atoms. The molecule has 0 atom stereocenters. The Labute approximate surface area is 61.0 Å². The van der Waals surface area contributed by atoms with E-state index in [0.29, 0.717) is 0 Å². The zero-order valence-electron chi connectivity index (χ0n) is 6.30. The largest absolute Gasteiger partial charge is 0.361 e. The van der Waals surface area contributed by atoms with Crippen LogP contribution >= 0.6 is 0 Å². The Hall–Kier alpha value is -0.570. The van der Waals surface area contributed by atoms with Crippen molar-refractivity contribution in [1.29, 1.82) is 0 Å². The summed E-state index contributed by atoms with van der Waals surface area (Å²) in [6.07, 6.45) is 4.18. The van der Waals surface area contributed by atoms with Crippen LogP contribution in [0.3, 0.4) is 0 Å². The highest BCUT2D eigenvalue weighted by atomic mass is 16.8. The van der Waals surface area contributed by atoms with Crippen molar-refractivity contribution in [1.82, 2.24) is 0 Å². The Morgan fingerprint density at radius 1 is 1.40 bits per heavy atom. The van der Waals surface area contributed by atoms with Crippen LogP contribution in [0.4, 0.5) is 0 Å². The number of methoxy groups -OCH3 is 1. The molecule has 0 amide bonds. The van der Waals surface area contributed by atoms with E-state index in [0.717, 1.165) is 25.7 Å². The molecule has 0 unspecified atom stereocenters. The summed E-state index contributed by atoms with van der Waals surface area (Å²) >= 11 is 0. The van der Waals surface area contributed by atoms with Crippen LogP contribution in [0.15, 0.2) is 5.16 Å². The normalized spacial score (nSPS) is 22.5. The second kappa shape index (κ2) is 3.01. The molecule has 0 spiro atoms. The quantitative estimate of drug-likeness (QED) is 0.341. The van der Waals surface area contributed by atoms with Crippen LogP contribution in [0, 0.1) is 0 Å². The van der Waals surface area contributed by atoms with Gasteiger partial charge in [-0.2, -0.15) is 0 Å². The average Bonchev–Trinajstić information content (AvgIpc) is 2.39. The van der Waals surface area contributed by atoms with Gasteiger partial charge >= 0.3 is 0 Å². The molecule has 0 N–H and O–H groups in total. The van der Waals surface area contributed by atoms with Crippen LogP contribution in [-0.2, 0) is 9.57 Å². The van der Waals surface area contributed by atoms with E-state index >= 15 is 0 Å². The van der Waals surface area contributed by atoms with E-state index in [-0.39, 0.29) is 0 Å². The topological polar surface area (TPSA) is 30.8 Å². The van der Waals surface area contributed by atoms with Crippen LogP contribution in [0.5, 0.6) is 0 Å². The average molecular weight is 143 g/mol. The molecular formula is C7H13NO2. The zero-order chi connectivity index (χ0) is 7.45. The van der Waals surface area contributed by atoms with E-state index in [9.17, 15) is 0 Å². The molecule has 58 valence electrons. The Balaban J connectivity index is 2.48. The minimum atomic E-state index is -0.443. The van der Waals surface area contributed by atoms with Gasteiger partial charge in [-0.15, -0.1) is 0 Å². The molecule has 3 heteroatoms. The van der Waals surface area contributed by atoms with Gasteiger partial charge in [-0.25, -0.2) is 0 Å². The first-order valence-corrected chi connectivity index (χ1v) is 3.52. The standard InChI is InChI=1S/C7H13NO2/c1-8-10-7(9-2)5-3-4-6-7/h1,3-6H2,2H3. The molecule has 0 heterocycles. The van der Waals surface area contributed by atoms with Gasteiger partial charge in [-0.3, -0.25) is 0 Å². The van der Waals surface area contributed by atoms with Crippen molar-refractivity contribution in [2.24, 2.45) is 5.16 Å². The fourth-order valence-electron chi connectivity index (χ4n) is 1.36. The van der Waals surface area contributed by atoms with Crippen molar-refractivity contribution in [3.63, 3.8) is 0 Å². The summed E-state index contributed by atoms with van der Waals surface area (Å²) in [5.41, 5.74) is 0. The van der Waals surface area contributed by atoms with E-state index < -0.39 is 5.79 Å². The lowest BCUT2D eigenvalue weighted by atomic mass is 10.2. The number of nitrogens with zero attached hydrogens (tertiary/aromatic N) is 1. The molecule has 1 aliphatic carbocycles. The van der Waals surface area contributed by atoms with Gasteiger partial charge in [0.25, 0.3) is 0 Å². The number of hydrogen-bond donors (Lipinski definition) is 0. The third-order valence-corrected chi connectivity index (χ3v) is 1.97. The van der Waals surface area contributed by atoms with E-state index in [1.165, 1.54) is 0 Å². The first-order chi connectivity index (χ1) is 4.83. The monoisotopic (exact) mass is 143 g/mol. The second-order valence-corrected chi connectivity index (χ2v) is 2.54. The van der Waals surface area contributed by atoms with Gasteiger partial charge in [0.05, 0.1) is 0 Å². The van der Waals surface area contributed by atoms with Crippen molar-refractivity contribution in [3.05, 3.63) is 0 Å². The molecule has 1 fully saturated rings. The van der Waals surface area contributed by atoms with Crippen LogP contribution in [0.25, 0.3) is 0 Å². The lowest BCUT2D eigenvalue weighted by Crippen LogP contribution is -2.28. The third-order valence-electron chi connectivity index (χ3n) is 1.97. The molecule has 0 saturated heterocycles. The van der Waals surface area contributed by atoms with Gasteiger partial charge in [-0.05, 0) is 12.8 Å². The molecule has 10 heavy (non-hydrogen) atoms. The first-order valence-electron chi connectivity index (χ1n) is 3.52. The summed E-state index contributed by atoms with van der Waals surface area (Å²) in [7, 11) is 1.65. The lowest BCUT2D eigenvalue weighted by molar-refractivity contribution is -0.217. The van der Waals surface area contributed by atoms with E-state index in [4.69, 9.17) is 9.57 Å². The van der Waals surface area contributed by atoms with Gasteiger partial charge in [0.2, 0.25) is 5.79 Å². The number of oxime groups is 1. The summed E-state index contributed by atoms with van der Waals surface area (Å²) < 4.78 is 5.18. The molecular weight excluding hydrogens is 130 g/mol. The fraction of sp³-hybridized carbons (Fsp3) is 0.857. The minimum absolute atomic E-state index is 0.443. The Kier molecular flexibility index (Phi) is 2.27. The van der Waals surface area contributed by atoms with Gasteiger partial charge in [-0.1, -0.05) is 5.16 Å². The highest BCUT2D eigenvalue weighted by Crippen LogP contribution is 2.33. The molecule has 0 radical (unpaired) electrons. The summed E-state index contributed by atoms with van der Waals surface area (Å²) in [6, 6.07) is 0. The van der Waals surface area contributed by atoms with Gasteiger partial charge in [0.1, 0.15) is 0 Å². The molecule has 0 aromatic heterocycles. The van der Waals surface area contributed by atoms with E-state index in [1.54, 1.807) is 7.11 Å². The fourth-order valence-corrected chi connectivity index (χ4v) is 1.36. The Morgan fingerprint density at radius 3 is 2.40 bits per heavy atom. The van der Waals surface area contributed by atoms with Crippen molar-refractivity contribution in [2.75, 3.05) is 7.11 Å². The van der Waals surface area contributed by atoms with E-state index in [1.807, 2.05) is 0 Å². The van der Waals surface area contributed by atoms with Crippen LogP contribution < -0.4 is 0 Å². The van der Waals surface area contributed by atoms with Crippen molar-refractivity contribution in [3.8, 4) is 0 Å². The maximum absolute atomic E-state index is 5.18. The lowest BCUT2D eigenvalue weighted by Gasteiger charge is -2.23.